The highest BCUT2D eigenvalue weighted by atomic mass is 16.3. The molecule has 3 atom stereocenters. The van der Waals surface area contributed by atoms with Gasteiger partial charge in [-0.05, 0) is 78.5 Å². The first-order chi connectivity index (χ1) is 15.5. The van der Waals surface area contributed by atoms with Gasteiger partial charge in [-0.15, -0.1) is 0 Å². The summed E-state index contributed by atoms with van der Waals surface area (Å²) in [7, 11) is 1.81. The van der Waals surface area contributed by atoms with Gasteiger partial charge in [0.25, 0.3) is 5.91 Å². The average Bonchev–Trinajstić information content (AvgIpc) is 3.28. The van der Waals surface area contributed by atoms with Crippen LogP contribution in [-0.2, 0) is 13.0 Å². The van der Waals surface area contributed by atoms with Gasteiger partial charge >= 0.3 is 0 Å². The van der Waals surface area contributed by atoms with Gasteiger partial charge in [-0.1, -0.05) is 24.3 Å². The lowest BCUT2D eigenvalue weighted by Crippen LogP contribution is -2.26. The maximum absolute atomic E-state index is 12.7. The van der Waals surface area contributed by atoms with Gasteiger partial charge in [0.1, 0.15) is 5.82 Å². The van der Waals surface area contributed by atoms with Crippen molar-refractivity contribution in [3.8, 4) is 0 Å². The number of benzene rings is 1. The first-order valence-corrected chi connectivity index (χ1v) is 11.1. The molecule has 3 N–H and O–H groups in total. The smallest absolute Gasteiger partial charge is 0.253 e. The summed E-state index contributed by atoms with van der Waals surface area (Å²) in [5.74, 6) is 1.25. The molecule has 6 heteroatoms. The van der Waals surface area contributed by atoms with Crippen molar-refractivity contribution in [2.24, 2.45) is 11.8 Å². The summed E-state index contributed by atoms with van der Waals surface area (Å²) in [5.41, 5.74) is 9.41. The van der Waals surface area contributed by atoms with Crippen LogP contribution in [-0.4, -0.2) is 32.9 Å². The summed E-state index contributed by atoms with van der Waals surface area (Å²) < 4.78 is 0. The lowest BCUT2D eigenvalue weighted by atomic mass is 9.92. The number of aliphatic hydroxyl groups is 1. The Labute approximate surface area is 189 Å². The van der Waals surface area contributed by atoms with Crippen LogP contribution in [0.15, 0.2) is 67.1 Å². The zero-order chi connectivity index (χ0) is 22.5. The van der Waals surface area contributed by atoms with Gasteiger partial charge in [0.05, 0.1) is 6.10 Å². The fraction of sp³-hybridized carbons (Fsp3) is 0.346. The topological polar surface area (TPSA) is 92.3 Å². The molecular weight excluding hydrogens is 400 g/mol. The largest absolute Gasteiger partial charge is 0.388 e. The summed E-state index contributed by atoms with van der Waals surface area (Å²) >= 11 is 0. The maximum Gasteiger partial charge on any atom is 0.253 e. The number of anilines is 1. The van der Waals surface area contributed by atoms with Crippen LogP contribution in [0.2, 0.25) is 0 Å². The van der Waals surface area contributed by atoms with Gasteiger partial charge in [0, 0.05) is 37.7 Å². The summed E-state index contributed by atoms with van der Waals surface area (Å²) in [5, 5.41) is 10.7. The molecule has 6 nitrogen and oxygen atoms in total. The standard InChI is InChI=1S/C26H30N4O2/c1-30(17-20-3-2-12-28-15-20)26(32)21-7-4-18(5-8-21)13-19-6-9-22(14-19)25(31)23-10-11-24(27)29-16-23/h2-5,7-8,10-12,15-16,19,22,25,31H,6,9,13-14,17H2,1H3,(H2,27,29)/t19-,22-,25-/m0/s1. The number of aromatic nitrogens is 2. The van der Waals surface area contributed by atoms with E-state index in [0.717, 1.165) is 36.8 Å². The SMILES string of the molecule is CN(Cc1cccnc1)C(=O)c1ccc(C[C@@H]2CC[C@H]([C@H](O)c3ccc(N)nc3)C2)cc1. The zero-order valence-electron chi connectivity index (χ0n) is 18.4. The van der Waals surface area contributed by atoms with E-state index in [1.807, 2.05) is 37.4 Å². The third-order valence-electron chi connectivity index (χ3n) is 6.39. The number of nitrogen functional groups attached to an aromatic ring is 1. The number of nitrogens with zero attached hydrogens (tertiary/aromatic N) is 3. The molecule has 0 saturated heterocycles. The van der Waals surface area contributed by atoms with Crippen LogP contribution in [0.5, 0.6) is 0 Å². The van der Waals surface area contributed by atoms with Crippen LogP contribution < -0.4 is 5.73 Å². The molecule has 1 aliphatic rings. The molecule has 0 aliphatic heterocycles. The summed E-state index contributed by atoms with van der Waals surface area (Å²) in [6.45, 7) is 0.531. The van der Waals surface area contributed by atoms with Crippen molar-refractivity contribution in [1.82, 2.24) is 14.9 Å². The van der Waals surface area contributed by atoms with E-state index in [9.17, 15) is 9.90 Å². The minimum atomic E-state index is -0.497. The van der Waals surface area contributed by atoms with Crippen LogP contribution in [0.4, 0.5) is 5.82 Å². The maximum atomic E-state index is 12.7. The molecule has 0 unspecified atom stereocenters. The second-order valence-electron chi connectivity index (χ2n) is 8.82. The second-order valence-corrected chi connectivity index (χ2v) is 8.82. The Morgan fingerprint density at radius 2 is 1.94 bits per heavy atom. The highest BCUT2D eigenvalue weighted by Crippen LogP contribution is 2.40. The number of pyridine rings is 2. The highest BCUT2D eigenvalue weighted by molar-refractivity contribution is 5.94. The van der Waals surface area contributed by atoms with Gasteiger partial charge < -0.3 is 15.7 Å². The fourth-order valence-electron chi connectivity index (χ4n) is 4.62. The Balaban J connectivity index is 1.31. The van der Waals surface area contributed by atoms with Crippen molar-refractivity contribution in [3.63, 3.8) is 0 Å². The quantitative estimate of drug-likeness (QED) is 0.591. The molecule has 0 radical (unpaired) electrons. The van der Waals surface area contributed by atoms with E-state index in [2.05, 4.69) is 22.1 Å². The summed E-state index contributed by atoms with van der Waals surface area (Å²) in [6.07, 6.45) is 8.74. The van der Waals surface area contributed by atoms with Crippen LogP contribution in [0.25, 0.3) is 0 Å². The predicted octanol–water partition coefficient (Wildman–Crippen LogP) is 4.02. The average molecular weight is 431 g/mol. The summed E-state index contributed by atoms with van der Waals surface area (Å²) in [4.78, 5) is 22.7. The van der Waals surface area contributed by atoms with Gasteiger partial charge in [0.2, 0.25) is 0 Å². The molecular formula is C26H30N4O2. The first kappa shape index (κ1) is 22.0. The third-order valence-corrected chi connectivity index (χ3v) is 6.39. The normalized spacial score (nSPS) is 18.9. The van der Waals surface area contributed by atoms with Crippen molar-refractivity contribution >= 4 is 11.7 Å². The minimum absolute atomic E-state index is 0.00145. The first-order valence-electron chi connectivity index (χ1n) is 11.1. The molecule has 0 bridgehead atoms. The molecule has 1 aliphatic carbocycles. The van der Waals surface area contributed by atoms with E-state index in [0.29, 0.717) is 23.8 Å². The number of hydrogen-bond acceptors (Lipinski definition) is 5. The molecule has 1 saturated carbocycles. The molecule has 1 fully saturated rings. The van der Waals surface area contributed by atoms with Crippen molar-refractivity contribution < 1.29 is 9.90 Å². The molecule has 2 aromatic heterocycles. The van der Waals surface area contributed by atoms with Gasteiger partial charge in [-0.3, -0.25) is 9.78 Å². The van der Waals surface area contributed by atoms with Crippen molar-refractivity contribution in [3.05, 3.63) is 89.4 Å². The molecule has 4 rings (SSSR count). The Bertz CT molecular complexity index is 1020. The number of carbonyl (C=O) groups excluding carboxylic acids is 1. The van der Waals surface area contributed by atoms with E-state index < -0.39 is 6.10 Å². The molecule has 166 valence electrons. The fourth-order valence-corrected chi connectivity index (χ4v) is 4.62. The molecule has 1 aromatic carbocycles. The number of carbonyl (C=O) groups is 1. The Kier molecular flexibility index (Phi) is 6.81. The van der Waals surface area contributed by atoms with E-state index in [-0.39, 0.29) is 11.8 Å². The van der Waals surface area contributed by atoms with E-state index >= 15 is 0 Å². The van der Waals surface area contributed by atoms with E-state index in [1.54, 1.807) is 29.6 Å². The minimum Gasteiger partial charge on any atom is -0.388 e. The van der Waals surface area contributed by atoms with Gasteiger partial charge in [-0.2, -0.15) is 0 Å². The van der Waals surface area contributed by atoms with Crippen LogP contribution in [0.3, 0.4) is 0 Å². The van der Waals surface area contributed by atoms with Crippen LogP contribution in [0.1, 0.15) is 52.4 Å². The van der Waals surface area contributed by atoms with E-state index in [1.165, 1.54) is 5.56 Å². The third kappa shape index (κ3) is 5.32. The van der Waals surface area contributed by atoms with Crippen LogP contribution >= 0.6 is 0 Å². The van der Waals surface area contributed by atoms with Crippen LogP contribution in [0, 0.1) is 11.8 Å². The van der Waals surface area contributed by atoms with E-state index in [4.69, 9.17) is 5.73 Å². The molecule has 1 amide bonds. The molecule has 32 heavy (non-hydrogen) atoms. The Hall–Kier alpha value is -3.25. The monoisotopic (exact) mass is 430 g/mol. The van der Waals surface area contributed by atoms with Crippen molar-refractivity contribution in [1.29, 1.82) is 0 Å². The van der Waals surface area contributed by atoms with Crippen molar-refractivity contribution in [2.75, 3.05) is 12.8 Å². The lowest BCUT2D eigenvalue weighted by Gasteiger charge is -2.19. The molecule has 2 heterocycles. The van der Waals surface area contributed by atoms with Crippen molar-refractivity contribution in [2.45, 2.75) is 38.3 Å². The Morgan fingerprint density at radius 1 is 1.12 bits per heavy atom. The number of nitrogens with two attached hydrogens (primary N) is 1. The number of rotatable bonds is 7. The number of aliphatic hydroxyl groups excluding tert-OH is 1. The lowest BCUT2D eigenvalue weighted by molar-refractivity contribution is 0.0785. The van der Waals surface area contributed by atoms with Gasteiger partial charge in [0.15, 0.2) is 0 Å². The zero-order valence-corrected chi connectivity index (χ0v) is 18.4. The van der Waals surface area contributed by atoms with Gasteiger partial charge in [-0.25, -0.2) is 4.98 Å². The highest BCUT2D eigenvalue weighted by Gasteiger charge is 2.31. The second kappa shape index (κ2) is 9.92. The summed E-state index contributed by atoms with van der Waals surface area (Å²) in [6, 6.07) is 15.4. The number of amides is 1. The molecule has 3 aromatic rings. The number of hydrogen-bond donors (Lipinski definition) is 2. The Morgan fingerprint density at radius 3 is 2.62 bits per heavy atom. The molecule has 0 spiro atoms. The predicted molar refractivity (Wildman–Crippen MR) is 125 cm³/mol.